The average molecular weight is 333 g/mol. The molecule has 1 rings (SSSR count). The standard InChI is InChI=1S/C13H20NO5PS/c1-3-4-10-18-20(16,17)19-21-11-13(15)14(2)12-8-6-5-7-9-12/h5-9H,3-4,10-11H2,1-2H3,(H,16,17). The number of unbranched alkanes of at least 4 members (excludes halogenated alkanes) is 1. The van der Waals surface area contributed by atoms with Crippen molar-refractivity contribution in [1.29, 1.82) is 0 Å². The van der Waals surface area contributed by atoms with Crippen LogP contribution in [0.1, 0.15) is 19.8 Å². The van der Waals surface area contributed by atoms with Crippen LogP contribution >= 0.6 is 19.9 Å². The van der Waals surface area contributed by atoms with Gasteiger partial charge in [0.05, 0.1) is 12.4 Å². The van der Waals surface area contributed by atoms with Crippen molar-refractivity contribution in [2.24, 2.45) is 0 Å². The first-order valence-corrected chi connectivity index (χ1v) is 8.97. The second-order valence-electron chi connectivity index (χ2n) is 4.28. The summed E-state index contributed by atoms with van der Waals surface area (Å²) in [5.41, 5.74) is 0.745. The number of benzene rings is 1. The second-order valence-corrected chi connectivity index (χ2v) is 6.60. The Balaban J connectivity index is 2.34. The van der Waals surface area contributed by atoms with Gasteiger partial charge in [-0.05, 0) is 18.6 Å². The van der Waals surface area contributed by atoms with E-state index in [1.54, 1.807) is 19.2 Å². The molecule has 0 saturated heterocycles. The molecule has 6 nitrogen and oxygen atoms in total. The van der Waals surface area contributed by atoms with Crippen molar-refractivity contribution in [2.45, 2.75) is 19.8 Å². The highest BCUT2D eigenvalue weighted by Gasteiger charge is 2.22. The van der Waals surface area contributed by atoms with Crippen molar-refractivity contribution in [1.82, 2.24) is 0 Å². The third-order valence-corrected chi connectivity index (χ3v) is 4.65. The lowest BCUT2D eigenvalue weighted by Gasteiger charge is -2.17. The van der Waals surface area contributed by atoms with Gasteiger partial charge in [-0.15, -0.1) is 0 Å². The van der Waals surface area contributed by atoms with Crippen molar-refractivity contribution in [3.63, 3.8) is 0 Å². The maximum Gasteiger partial charge on any atom is 0.483 e. The molecule has 1 aromatic carbocycles. The van der Waals surface area contributed by atoms with Gasteiger partial charge >= 0.3 is 7.82 Å². The number of phosphoric ester groups is 1. The Morgan fingerprint density at radius 3 is 2.67 bits per heavy atom. The van der Waals surface area contributed by atoms with Crippen molar-refractivity contribution in [3.05, 3.63) is 30.3 Å². The van der Waals surface area contributed by atoms with Gasteiger partial charge in [0, 0.05) is 24.8 Å². The fourth-order valence-corrected chi connectivity index (χ4v) is 2.95. The van der Waals surface area contributed by atoms with E-state index in [1.165, 1.54) is 4.90 Å². The molecule has 0 aliphatic rings. The van der Waals surface area contributed by atoms with Gasteiger partial charge in [0.15, 0.2) is 0 Å². The number of amides is 1. The van der Waals surface area contributed by atoms with E-state index in [0.29, 0.717) is 18.5 Å². The monoisotopic (exact) mass is 333 g/mol. The normalized spacial score (nSPS) is 13.7. The first kappa shape index (κ1) is 18.2. The fraction of sp³-hybridized carbons (Fsp3) is 0.462. The van der Waals surface area contributed by atoms with Crippen LogP contribution in [-0.4, -0.2) is 30.2 Å². The van der Waals surface area contributed by atoms with Crippen molar-refractivity contribution in [3.8, 4) is 0 Å². The molecule has 118 valence electrons. The Labute approximate surface area is 129 Å². The minimum atomic E-state index is -4.09. The number of nitrogens with zero attached hydrogens (tertiary/aromatic N) is 1. The molecule has 21 heavy (non-hydrogen) atoms. The van der Waals surface area contributed by atoms with E-state index in [-0.39, 0.29) is 18.3 Å². The van der Waals surface area contributed by atoms with E-state index in [0.717, 1.165) is 12.1 Å². The summed E-state index contributed by atoms with van der Waals surface area (Å²) in [5.74, 6) is -0.313. The molecule has 0 bridgehead atoms. The molecule has 0 spiro atoms. The molecule has 0 fully saturated rings. The van der Waals surface area contributed by atoms with E-state index >= 15 is 0 Å². The van der Waals surface area contributed by atoms with E-state index in [2.05, 4.69) is 0 Å². The Bertz CT molecular complexity index is 485. The molecular weight excluding hydrogens is 313 g/mol. The number of phosphoric acid groups is 1. The van der Waals surface area contributed by atoms with Crippen LogP contribution in [0.15, 0.2) is 30.3 Å². The van der Waals surface area contributed by atoms with Gasteiger partial charge in [0.25, 0.3) is 0 Å². The first-order valence-electron chi connectivity index (χ1n) is 6.56. The maximum atomic E-state index is 11.9. The largest absolute Gasteiger partial charge is 0.483 e. The number of hydrogen-bond donors (Lipinski definition) is 1. The molecule has 0 aliphatic heterocycles. The van der Waals surface area contributed by atoms with Gasteiger partial charge in [-0.1, -0.05) is 31.5 Å². The number of para-hydroxylation sites is 1. The predicted molar refractivity (Wildman–Crippen MR) is 84.1 cm³/mol. The summed E-state index contributed by atoms with van der Waals surface area (Å²) < 4.78 is 20.9. The van der Waals surface area contributed by atoms with Gasteiger partial charge in [-0.25, -0.2) is 8.54 Å². The molecular formula is C13H20NO5PS. The summed E-state index contributed by atoms with van der Waals surface area (Å²) in [4.78, 5) is 22.7. The Morgan fingerprint density at radius 1 is 1.38 bits per heavy atom. The molecule has 8 heteroatoms. The summed E-state index contributed by atoms with van der Waals surface area (Å²) >= 11 is 0.620. The lowest BCUT2D eigenvalue weighted by atomic mass is 10.3. The number of hydrogen-bond acceptors (Lipinski definition) is 5. The number of carbonyl (C=O) groups excluding carboxylic acids is 1. The third kappa shape index (κ3) is 7.11. The van der Waals surface area contributed by atoms with Gasteiger partial charge in [-0.2, -0.15) is 0 Å². The summed E-state index contributed by atoms with van der Waals surface area (Å²) in [6, 6.07) is 9.11. The molecule has 0 aliphatic carbocycles. The zero-order chi connectivity index (χ0) is 15.7. The Hall–Kier alpha value is -0.850. The van der Waals surface area contributed by atoms with Crippen LogP contribution in [0, 0.1) is 0 Å². The molecule has 0 aromatic heterocycles. The van der Waals surface area contributed by atoms with Crippen LogP contribution < -0.4 is 4.90 Å². The SMILES string of the molecule is CCCCOP(=O)(O)OSCC(=O)N(C)c1ccccc1. The highest BCUT2D eigenvalue weighted by molar-refractivity contribution is 7.98. The molecule has 0 radical (unpaired) electrons. The lowest BCUT2D eigenvalue weighted by molar-refractivity contribution is -0.115. The fourth-order valence-electron chi connectivity index (χ4n) is 1.38. The van der Waals surface area contributed by atoms with Crippen LogP contribution in [0.2, 0.25) is 0 Å². The average Bonchev–Trinajstić information content (AvgIpc) is 2.47. The van der Waals surface area contributed by atoms with Gasteiger partial charge in [0.1, 0.15) is 0 Å². The third-order valence-electron chi connectivity index (χ3n) is 2.60. The molecule has 1 aromatic rings. The topological polar surface area (TPSA) is 76.1 Å². The van der Waals surface area contributed by atoms with Crippen LogP contribution in [-0.2, 0) is 17.9 Å². The molecule has 0 heterocycles. The second kappa shape index (κ2) is 9.23. The summed E-state index contributed by atoms with van der Waals surface area (Å²) in [6.45, 7) is 2.10. The Morgan fingerprint density at radius 2 is 2.05 bits per heavy atom. The number of rotatable bonds is 9. The zero-order valence-corrected chi connectivity index (χ0v) is 13.8. The molecule has 1 N–H and O–H groups in total. The molecule has 1 unspecified atom stereocenters. The number of carbonyl (C=O) groups is 1. The van der Waals surface area contributed by atoms with Crippen LogP contribution in [0.5, 0.6) is 0 Å². The minimum absolute atomic E-state index is 0.0763. The van der Waals surface area contributed by atoms with Crippen molar-refractivity contribution >= 4 is 31.5 Å². The number of anilines is 1. The Kier molecular flexibility index (Phi) is 8.00. The van der Waals surface area contributed by atoms with E-state index in [1.807, 2.05) is 25.1 Å². The van der Waals surface area contributed by atoms with E-state index < -0.39 is 7.82 Å². The summed E-state index contributed by atoms with van der Waals surface area (Å²) in [5, 5.41) is 0. The van der Waals surface area contributed by atoms with E-state index in [9.17, 15) is 14.3 Å². The smallest absolute Gasteiger partial charge is 0.315 e. The van der Waals surface area contributed by atoms with Crippen molar-refractivity contribution < 1.29 is 22.7 Å². The predicted octanol–water partition coefficient (Wildman–Crippen LogP) is 3.23. The van der Waals surface area contributed by atoms with Crippen LogP contribution in [0.4, 0.5) is 5.69 Å². The molecule has 1 atom stereocenters. The van der Waals surface area contributed by atoms with Crippen LogP contribution in [0.25, 0.3) is 0 Å². The highest BCUT2D eigenvalue weighted by atomic mass is 32.2. The molecule has 0 saturated carbocycles. The summed E-state index contributed by atoms with van der Waals surface area (Å²) in [6.07, 6.45) is 1.53. The van der Waals surface area contributed by atoms with Crippen molar-refractivity contribution in [2.75, 3.05) is 24.3 Å². The zero-order valence-electron chi connectivity index (χ0n) is 12.1. The van der Waals surface area contributed by atoms with Gasteiger partial charge in [-0.3, -0.25) is 9.32 Å². The van der Waals surface area contributed by atoms with Crippen LogP contribution in [0.3, 0.4) is 0 Å². The quantitative estimate of drug-likeness (QED) is 0.425. The van der Waals surface area contributed by atoms with Gasteiger partial charge in [0.2, 0.25) is 5.91 Å². The summed E-state index contributed by atoms with van der Waals surface area (Å²) in [7, 11) is -2.45. The maximum absolute atomic E-state index is 11.9. The lowest BCUT2D eigenvalue weighted by Crippen LogP contribution is -2.27. The van der Waals surface area contributed by atoms with E-state index in [4.69, 9.17) is 8.49 Å². The highest BCUT2D eigenvalue weighted by Crippen LogP contribution is 2.47. The first-order chi connectivity index (χ1) is 9.96. The minimum Gasteiger partial charge on any atom is -0.315 e. The molecule has 1 amide bonds. The van der Waals surface area contributed by atoms with Gasteiger partial charge < -0.3 is 9.79 Å².